The highest BCUT2D eigenvalue weighted by atomic mass is 19.4. The minimum atomic E-state index is -4.43. The van der Waals surface area contributed by atoms with Crippen LogP contribution >= 0.6 is 0 Å². The van der Waals surface area contributed by atoms with Crippen molar-refractivity contribution in [2.45, 2.75) is 18.2 Å². The van der Waals surface area contributed by atoms with Gasteiger partial charge < -0.3 is 14.8 Å². The lowest BCUT2D eigenvalue weighted by Crippen LogP contribution is -2.40. The average molecular weight is 276 g/mol. The Hall–Kier alpha value is -1.34. The van der Waals surface area contributed by atoms with Crippen molar-refractivity contribution < 1.29 is 22.6 Å². The van der Waals surface area contributed by atoms with E-state index in [4.69, 9.17) is 9.47 Å². The number of rotatable bonds is 4. The highest BCUT2D eigenvalue weighted by molar-refractivity contribution is 5.45. The van der Waals surface area contributed by atoms with Gasteiger partial charge in [0.1, 0.15) is 11.4 Å². The summed E-state index contributed by atoms with van der Waals surface area (Å²) in [5.41, 5.74) is -1.36. The number of methoxy groups -OCH3 is 1. The van der Waals surface area contributed by atoms with E-state index in [1.165, 1.54) is 19.4 Å². The molecule has 2 heterocycles. The van der Waals surface area contributed by atoms with Crippen molar-refractivity contribution in [3.05, 3.63) is 23.9 Å². The van der Waals surface area contributed by atoms with Crippen LogP contribution in [0.25, 0.3) is 0 Å². The molecule has 0 radical (unpaired) electrons. The second kappa shape index (κ2) is 5.34. The van der Waals surface area contributed by atoms with Gasteiger partial charge in [0.15, 0.2) is 0 Å². The van der Waals surface area contributed by atoms with Crippen molar-refractivity contribution in [2.24, 2.45) is 0 Å². The fraction of sp³-hybridized carbons (Fsp3) is 0.583. The van der Waals surface area contributed by atoms with Crippen LogP contribution in [-0.4, -0.2) is 37.5 Å². The molecule has 1 unspecified atom stereocenters. The Balaban J connectivity index is 2.11. The first-order valence-electron chi connectivity index (χ1n) is 5.86. The van der Waals surface area contributed by atoms with E-state index in [0.717, 1.165) is 6.07 Å². The first-order chi connectivity index (χ1) is 8.97. The molecule has 0 aliphatic carbocycles. The molecule has 0 bridgehead atoms. The van der Waals surface area contributed by atoms with Gasteiger partial charge in [-0.3, -0.25) is 0 Å². The molecular formula is C12H15F3N2O2. The molecule has 19 heavy (non-hydrogen) atoms. The third kappa shape index (κ3) is 3.16. The SMILES string of the molecule is COC1(CNc2ncccc2C(F)(F)F)CCOC1. The summed E-state index contributed by atoms with van der Waals surface area (Å²) in [7, 11) is 1.53. The van der Waals surface area contributed by atoms with Gasteiger partial charge in [-0.1, -0.05) is 0 Å². The summed E-state index contributed by atoms with van der Waals surface area (Å²) in [5.74, 6) is -0.182. The van der Waals surface area contributed by atoms with Gasteiger partial charge in [-0.05, 0) is 12.1 Å². The van der Waals surface area contributed by atoms with Gasteiger partial charge in [-0.25, -0.2) is 4.98 Å². The zero-order valence-electron chi connectivity index (χ0n) is 10.5. The zero-order chi connectivity index (χ0) is 13.9. The molecule has 0 aromatic carbocycles. The van der Waals surface area contributed by atoms with E-state index in [1.807, 2.05) is 0 Å². The largest absolute Gasteiger partial charge is 0.419 e. The molecule has 1 aliphatic rings. The van der Waals surface area contributed by atoms with Crippen LogP contribution in [0.15, 0.2) is 18.3 Å². The molecule has 0 saturated carbocycles. The maximum atomic E-state index is 12.8. The van der Waals surface area contributed by atoms with Crippen molar-refractivity contribution in [3.8, 4) is 0 Å². The predicted octanol–water partition coefficient (Wildman–Crippen LogP) is 2.32. The van der Waals surface area contributed by atoms with Crippen molar-refractivity contribution in [1.82, 2.24) is 4.98 Å². The Morgan fingerprint density at radius 3 is 2.89 bits per heavy atom. The summed E-state index contributed by atoms with van der Waals surface area (Å²) >= 11 is 0. The fourth-order valence-electron chi connectivity index (χ4n) is 1.98. The number of halogens is 3. The summed E-state index contributed by atoms with van der Waals surface area (Å²) in [6.45, 7) is 1.14. The number of ether oxygens (including phenoxy) is 2. The molecule has 1 atom stereocenters. The molecule has 1 aromatic heterocycles. The van der Waals surface area contributed by atoms with E-state index in [0.29, 0.717) is 19.6 Å². The lowest BCUT2D eigenvalue weighted by Gasteiger charge is -2.26. The van der Waals surface area contributed by atoms with Crippen LogP contribution in [0.4, 0.5) is 19.0 Å². The van der Waals surface area contributed by atoms with Crippen LogP contribution in [0.5, 0.6) is 0 Å². The number of hydrogen-bond donors (Lipinski definition) is 1. The summed E-state index contributed by atoms with van der Waals surface area (Å²) in [5, 5.41) is 2.72. The number of aromatic nitrogens is 1. The minimum absolute atomic E-state index is 0.182. The van der Waals surface area contributed by atoms with Gasteiger partial charge in [0.05, 0.1) is 12.2 Å². The monoisotopic (exact) mass is 276 g/mol. The van der Waals surface area contributed by atoms with Crippen molar-refractivity contribution in [2.75, 3.05) is 32.2 Å². The van der Waals surface area contributed by atoms with Gasteiger partial charge >= 0.3 is 6.18 Å². The van der Waals surface area contributed by atoms with E-state index in [-0.39, 0.29) is 12.4 Å². The first-order valence-corrected chi connectivity index (χ1v) is 5.86. The molecule has 1 aromatic rings. The smallest absolute Gasteiger partial charge is 0.378 e. The number of hydrogen-bond acceptors (Lipinski definition) is 4. The summed E-state index contributed by atoms with van der Waals surface area (Å²) in [6.07, 6.45) is -2.46. The normalized spacial score (nSPS) is 23.6. The van der Waals surface area contributed by atoms with Gasteiger partial charge in [0, 0.05) is 32.9 Å². The third-order valence-electron chi connectivity index (χ3n) is 3.19. The Labute approximate surface area is 108 Å². The summed E-state index contributed by atoms with van der Waals surface area (Å²) in [4.78, 5) is 3.74. The maximum absolute atomic E-state index is 12.8. The first kappa shape index (κ1) is 14.1. The van der Waals surface area contributed by atoms with Gasteiger partial charge in [-0.15, -0.1) is 0 Å². The molecule has 1 fully saturated rings. The van der Waals surface area contributed by atoms with E-state index in [2.05, 4.69) is 10.3 Å². The van der Waals surface area contributed by atoms with Crippen LogP contribution in [0.3, 0.4) is 0 Å². The van der Waals surface area contributed by atoms with E-state index < -0.39 is 17.3 Å². The Kier molecular flexibility index (Phi) is 3.96. The second-order valence-corrected chi connectivity index (χ2v) is 4.44. The molecule has 1 aliphatic heterocycles. The summed E-state index contributed by atoms with van der Waals surface area (Å²) in [6, 6.07) is 2.26. The van der Waals surface area contributed by atoms with Crippen molar-refractivity contribution in [1.29, 1.82) is 0 Å². The highest BCUT2D eigenvalue weighted by Crippen LogP contribution is 2.34. The molecule has 4 nitrogen and oxygen atoms in total. The topological polar surface area (TPSA) is 43.4 Å². The molecule has 106 valence electrons. The van der Waals surface area contributed by atoms with Gasteiger partial charge in [-0.2, -0.15) is 13.2 Å². The zero-order valence-corrected chi connectivity index (χ0v) is 10.5. The number of nitrogens with one attached hydrogen (secondary N) is 1. The molecule has 1 N–H and O–H groups in total. The third-order valence-corrected chi connectivity index (χ3v) is 3.19. The number of pyridine rings is 1. The van der Waals surface area contributed by atoms with E-state index >= 15 is 0 Å². The molecule has 0 spiro atoms. The molecule has 2 rings (SSSR count). The second-order valence-electron chi connectivity index (χ2n) is 4.44. The van der Waals surface area contributed by atoms with Crippen molar-refractivity contribution in [3.63, 3.8) is 0 Å². The van der Waals surface area contributed by atoms with Crippen LogP contribution in [0.1, 0.15) is 12.0 Å². The fourth-order valence-corrected chi connectivity index (χ4v) is 1.98. The van der Waals surface area contributed by atoms with Crippen LogP contribution in [-0.2, 0) is 15.7 Å². The van der Waals surface area contributed by atoms with Crippen LogP contribution in [0, 0.1) is 0 Å². The maximum Gasteiger partial charge on any atom is 0.419 e. The van der Waals surface area contributed by atoms with Gasteiger partial charge in [0.2, 0.25) is 0 Å². The molecular weight excluding hydrogens is 261 g/mol. The minimum Gasteiger partial charge on any atom is -0.378 e. The molecule has 1 saturated heterocycles. The Morgan fingerprint density at radius 1 is 1.53 bits per heavy atom. The average Bonchev–Trinajstić information content (AvgIpc) is 2.85. The van der Waals surface area contributed by atoms with Crippen LogP contribution in [0.2, 0.25) is 0 Å². The number of alkyl halides is 3. The lowest BCUT2D eigenvalue weighted by atomic mass is 10.0. The lowest BCUT2D eigenvalue weighted by molar-refractivity contribution is -0.137. The number of anilines is 1. The highest BCUT2D eigenvalue weighted by Gasteiger charge is 2.37. The van der Waals surface area contributed by atoms with Gasteiger partial charge in [0.25, 0.3) is 0 Å². The standard InChI is InChI=1S/C12H15F3N2O2/c1-18-11(4-6-19-8-11)7-17-10-9(12(13,14)15)3-2-5-16-10/h2-3,5H,4,6-8H2,1H3,(H,16,17). The van der Waals surface area contributed by atoms with E-state index in [1.54, 1.807) is 0 Å². The molecule has 0 amide bonds. The van der Waals surface area contributed by atoms with E-state index in [9.17, 15) is 13.2 Å². The Bertz CT molecular complexity index is 431. The predicted molar refractivity (Wildman–Crippen MR) is 62.9 cm³/mol. The number of nitrogens with zero attached hydrogens (tertiary/aromatic N) is 1. The summed E-state index contributed by atoms with van der Waals surface area (Å²) < 4.78 is 49.0. The Morgan fingerprint density at radius 2 is 2.32 bits per heavy atom. The van der Waals surface area contributed by atoms with Crippen LogP contribution < -0.4 is 5.32 Å². The quantitative estimate of drug-likeness (QED) is 0.916. The molecule has 7 heteroatoms. The van der Waals surface area contributed by atoms with Crippen molar-refractivity contribution >= 4 is 5.82 Å².